The molecular formula is C32H33F3N2O7S. The van der Waals surface area contributed by atoms with E-state index in [4.69, 9.17) is 14.6 Å². The second-order valence-corrected chi connectivity index (χ2v) is 13.3. The molecule has 0 aliphatic carbocycles. The van der Waals surface area contributed by atoms with Crippen LogP contribution in [0, 0.1) is 5.92 Å². The number of carbonyl (C=O) groups excluding carboxylic acids is 3. The number of sulfone groups is 1. The summed E-state index contributed by atoms with van der Waals surface area (Å²) in [7, 11) is -3.32. The molecular weight excluding hydrogens is 613 g/mol. The zero-order chi connectivity index (χ0) is 32.8. The minimum absolute atomic E-state index is 0.0246. The first-order chi connectivity index (χ1) is 21.2. The number of benzene rings is 3. The number of nitrogens with one attached hydrogen (secondary N) is 1. The number of esters is 1. The van der Waals surface area contributed by atoms with Crippen LogP contribution in [0.3, 0.4) is 0 Å². The average molecular weight is 647 g/mol. The third kappa shape index (κ3) is 8.92. The fourth-order valence-corrected chi connectivity index (χ4v) is 6.33. The van der Waals surface area contributed by atoms with Crippen molar-refractivity contribution in [2.45, 2.75) is 36.1 Å². The Hall–Kier alpha value is -4.23. The number of ketones is 1. The van der Waals surface area contributed by atoms with Crippen LogP contribution < -0.4 is 10.4 Å². The summed E-state index contributed by atoms with van der Waals surface area (Å²) in [6, 6.07) is 24.7. The van der Waals surface area contributed by atoms with E-state index in [1.54, 1.807) is 12.1 Å². The number of carbonyl (C=O) groups is 3. The molecule has 1 unspecified atom stereocenters. The van der Waals surface area contributed by atoms with E-state index in [-0.39, 0.29) is 28.7 Å². The van der Waals surface area contributed by atoms with E-state index in [1.165, 1.54) is 12.1 Å². The standard InChI is InChI=1S/C30H33N2O5S.C2HF3O2/c1-38(35,36)26-14-12-22(13-15-26)27(33)20-32-18-16-23(17-19-32)28(21-32)37-30(34)29(24-8-4-2-5-9-24)31-25-10-6-3-7-11-25;3-2(4,5)1(6)7/h2-15,23,28-29,31H,16-21H2,1H3;(H,6,7)/q+1;/p-1/t23?,28-,29?,32?;/m0./s1. The maximum Gasteiger partial charge on any atom is 0.430 e. The van der Waals surface area contributed by atoms with E-state index in [2.05, 4.69) is 5.32 Å². The zero-order valence-electron chi connectivity index (χ0n) is 24.4. The van der Waals surface area contributed by atoms with E-state index in [1.807, 2.05) is 60.7 Å². The van der Waals surface area contributed by atoms with E-state index in [9.17, 15) is 31.2 Å². The Labute approximate surface area is 259 Å². The molecule has 0 saturated carbocycles. The molecule has 3 fully saturated rings. The van der Waals surface area contributed by atoms with Gasteiger partial charge in [-0.05, 0) is 42.0 Å². The van der Waals surface area contributed by atoms with Gasteiger partial charge in [-0.1, -0.05) is 48.5 Å². The van der Waals surface area contributed by atoms with Crippen LogP contribution in [0.25, 0.3) is 0 Å². The number of ether oxygens (including phenoxy) is 1. The number of para-hydroxylation sites is 1. The van der Waals surface area contributed by atoms with Crippen LogP contribution in [-0.2, 0) is 24.2 Å². The molecule has 0 amide bonds. The second-order valence-electron chi connectivity index (χ2n) is 11.3. The van der Waals surface area contributed by atoms with Gasteiger partial charge in [0.25, 0.3) is 0 Å². The molecule has 1 N–H and O–H groups in total. The van der Waals surface area contributed by atoms with Gasteiger partial charge in [0.05, 0.1) is 18.0 Å². The number of hydrogen-bond donors (Lipinski definition) is 1. The first kappa shape index (κ1) is 33.7. The van der Waals surface area contributed by atoms with Crippen molar-refractivity contribution in [1.29, 1.82) is 0 Å². The summed E-state index contributed by atoms with van der Waals surface area (Å²) in [5.74, 6) is -3.06. The predicted molar refractivity (Wildman–Crippen MR) is 157 cm³/mol. The lowest BCUT2D eigenvalue weighted by molar-refractivity contribution is -0.938. The van der Waals surface area contributed by atoms with Gasteiger partial charge in [0, 0.05) is 36.3 Å². The number of carboxylic acids is 1. The van der Waals surface area contributed by atoms with Crippen LogP contribution in [0.2, 0.25) is 0 Å². The van der Waals surface area contributed by atoms with Crippen molar-refractivity contribution in [3.05, 3.63) is 96.1 Å². The number of Topliss-reactive ketones (excluding diaryl/α,β-unsaturated/α-hetero) is 1. The minimum atomic E-state index is -5.19. The summed E-state index contributed by atoms with van der Waals surface area (Å²) in [4.78, 5) is 35.7. The first-order valence-electron chi connectivity index (χ1n) is 14.2. The number of aliphatic carboxylic acids is 1. The van der Waals surface area contributed by atoms with Gasteiger partial charge < -0.3 is 24.4 Å². The van der Waals surface area contributed by atoms with Crippen LogP contribution in [0.5, 0.6) is 0 Å². The Balaban J connectivity index is 0.000000591. The van der Waals surface area contributed by atoms with Crippen LogP contribution in [-0.4, -0.2) is 75.3 Å². The lowest BCUT2D eigenvalue weighted by Gasteiger charge is -2.51. The number of halogens is 3. The van der Waals surface area contributed by atoms with Crippen molar-refractivity contribution in [2.24, 2.45) is 5.92 Å². The molecule has 2 atom stereocenters. The second kappa shape index (κ2) is 13.8. The number of rotatable bonds is 9. The molecule has 3 heterocycles. The summed E-state index contributed by atoms with van der Waals surface area (Å²) in [6.07, 6.45) is -2.49. The van der Waals surface area contributed by atoms with Crippen LogP contribution in [0.4, 0.5) is 18.9 Å². The van der Waals surface area contributed by atoms with E-state index in [0.717, 1.165) is 43.4 Å². The molecule has 2 bridgehead atoms. The average Bonchev–Trinajstić information content (AvgIpc) is 3.00. The maximum atomic E-state index is 13.5. The van der Waals surface area contributed by atoms with E-state index >= 15 is 0 Å². The monoisotopic (exact) mass is 646 g/mol. The van der Waals surface area contributed by atoms with Crippen molar-refractivity contribution < 1.29 is 50.3 Å². The summed E-state index contributed by atoms with van der Waals surface area (Å²) in [5, 5.41) is 12.1. The number of piperidine rings is 3. The summed E-state index contributed by atoms with van der Waals surface area (Å²) in [6.45, 7) is 2.66. The van der Waals surface area contributed by atoms with Gasteiger partial charge in [-0.25, -0.2) is 13.2 Å². The molecule has 3 aromatic carbocycles. The molecule has 3 aliphatic rings. The van der Waals surface area contributed by atoms with Crippen molar-refractivity contribution in [3.63, 3.8) is 0 Å². The van der Waals surface area contributed by atoms with E-state index in [0.29, 0.717) is 23.1 Å². The van der Waals surface area contributed by atoms with Gasteiger partial charge in [-0.15, -0.1) is 0 Å². The molecule has 9 nitrogen and oxygen atoms in total. The van der Waals surface area contributed by atoms with Crippen LogP contribution >= 0.6 is 0 Å². The van der Waals surface area contributed by atoms with Crippen LogP contribution in [0.15, 0.2) is 89.8 Å². The fourth-order valence-electron chi connectivity index (χ4n) is 5.70. The Morgan fingerprint density at radius 1 is 0.933 bits per heavy atom. The van der Waals surface area contributed by atoms with Gasteiger partial charge in [0.15, 0.2) is 22.0 Å². The highest BCUT2D eigenvalue weighted by molar-refractivity contribution is 7.90. The summed E-state index contributed by atoms with van der Waals surface area (Å²) >= 11 is 0. The Bertz CT molecular complexity index is 1590. The summed E-state index contributed by atoms with van der Waals surface area (Å²) in [5.41, 5.74) is 2.17. The van der Waals surface area contributed by atoms with Crippen molar-refractivity contribution in [3.8, 4) is 0 Å². The molecule has 0 aromatic heterocycles. The number of anilines is 1. The van der Waals surface area contributed by atoms with Gasteiger partial charge in [-0.2, -0.15) is 13.2 Å². The summed E-state index contributed by atoms with van der Waals surface area (Å²) < 4.78 is 61.8. The number of carboxylic acid groups (broad SMARTS) is 1. The van der Waals surface area contributed by atoms with Gasteiger partial charge in [0.1, 0.15) is 19.1 Å². The van der Waals surface area contributed by atoms with Crippen LogP contribution in [0.1, 0.15) is 34.8 Å². The topological polar surface area (TPSA) is 130 Å². The van der Waals surface area contributed by atoms with Gasteiger partial charge in [-0.3, -0.25) is 4.79 Å². The largest absolute Gasteiger partial charge is 0.542 e. The number of hydrogen-bond acceptors (Lipinski definition) is 8. The molecule has 3 saturated heterocycles. The van der Waals surface area contributed by atoms with Crippen molar-refractivity contribution >= 4 is 33.2 Å². The quantitative estimate of drug-likeness (QED) is 0.212. The third-order valence-electron chi connectivity index (χ3n) is 8.08. The highest BCUT2D eigenvalue weighted by atomic mass is 32.2. The molecule has 0 radical (unpaired) electrons. The number of alkyl halides is 3. The highest BCUT2D eigenvalue weighted by Gasteiger charge is 2.49. The number of nitrogens with zero attached hydrogens (tertiary/aromatic N) is 1. The van der Waals surface area contributed by atoms with Gasteiger partial charge >= 0.3 is 12.1 Å². The third-order valence-corrected chi connectivity index (χ3v) is 9.21. The minimum Gasteiger partial charge on any atom is -0.542 e. The fraction of sp³-hybridized carbons (Fsp3) is 0.344. The Morgan fingerprint density at radius 2 is 1.47 bits per heavy atom. The van der Waals surface area contributed by atoms with Crippen molar-refractivity contribution in [2.75, 3.05) is 37.8 Å². The lowest BCUT2D eigenvalue weighted by atomic mass is 9.82. The molecule has 13 heteroatoms. The maximum absolute atomic E-state index is 13.5. The van der Waals surface area contributed by atoms with E-state index < -0.39 is 28.0 Å². The molecule has 3 aliphatic heterocycles. The Morgan fingerprint density at radius 3 is 1.98 bits per heavy atom. The molecule has 6 rings (SSSR count). The predicted octanol–water partition coefficient (Wildman–Crippen LogP) is 3.58. The normalized spacial score (nSPS) is 21.5. The highest BCUT2D eigenvalue weighted by Crippen LogP contribution is 2.37. The first-order valence-corrected chi connectivity index (χ1v) is 16.1. The molecule has 0 spiro atoms. The molecule has 45 heavy (non-hydrogen) atoms. The molecule has 3 aromatic rings. The number of quaternary nitrogens is 1. The van der Waals surface area contributed by atoms with Gasteiger partial charge in [0.2, 0.25) is 5.78 Å². The van der Waals surface area contributed by atoms with Crippen molar-refractivity contribution in [1.82, 2.24) is 0 Å². The lowest BCUT2D eigenvalue weighted by Crippen LogP contribution is -2.65. The SMILES string of the molecule is CS(=O)(=O)c1ccc(C(=O)C[N+]23CCC(CC2)[C@@H](OC(=O)C(Nc2ccccc2)c2ccccc2)C3)cc1.O=C([O-])C(F)(F)F. The molecule has 240 valence electrons. The zero-order valence-corrected chi connectivity index (χ0v) is 25.2. The smallest absolute Gasteiger partial charge is 0.430 e. The number of fused-ring (bicyclic) bond motifs is 3. The Kier molecular flexibility index (Phi) is 10.3.